The molecule has 68 valence electrons. The number of Topliss-reactive ketones (excluding diaryl/α,β-unsaturated/α-hetero) is 1. The molecule has 0 spiro atoms. The molecule has 0 saturated carbocycles. The van der Waals surface area contributed by atoms with Gasteiger partial charge in [0.2, 0.25) is 0 Å². The van der Waals surface area contributed by atoms with Gasteiger partial charge in [-0.3, -0.25) is 4.79 Å². The molecule has 13 heavy (non-hydrogen) atoms. The van der Waals surface area contributed by atoms with E-state index in [9.17, 15) is 4.79 Å². The molecule has 2 heteroatoms. The van der Waals surface area contributed by atoms with Crippen molar-refractivity contribution >= 4 is 11.5 Å². The summed E-state index contributed by atoms with van der Waals surface area (Å²) in [6.07, 6.45) is 1.02. The molecule has 1 unspecified atom stereocenters. The zero-order chi connectivity index (χ0) is 9.42. The predicted molar refractivity (Wildman–Crippen MR) is 53.2 cm³/mol. The Morgan fingerprint density at radius 1 is 1.54 bits per heavy atom. The Kier molecular flexibility index (Phi) is 1.83. The molecule has 1 aromatic carbocycles. The molecule has 0 bridgehead atoms. The van der Waals surface area contributed by atoms with E-state index in [-0.39, 0.29) is 5.78 Å². The van der Waals surface area contributed by atoms with Crippen molar-refractivity contribution in [3.63, 3.8) is 0 Å². The second-order valence-corrected chi connectivity index (χ2v) is 3.68. The van der Waals surface area contributed by atoms with Crippen molar-refractivity contribution in [2.75, 3.05) is 5.32 Å². The molecular weight excluding hydrogens is 162 g/mol. The van der Waals surface area contributed by atoms with E-state index in [0.717, 1.165) is 12.0 Å². The van der Waals surface area contributed by atoms with Crippen LogP contribution in [0.15, 0.2) is 18.2 Å². The highest BCUT2D eigenvalue weighted by molar-refractivity contribution is 5.94. The average molecular weight is 175 g/mol. The number of anilines is 1. The number of hydrogen-bond acceptors (Lipinski definition) is 2. The summed E-state index contributed by atoms with van der Waals surface area (Å²) in [5, 5.41) is 3.35. The quantitative estimate of drug-likeness (QED) is 0.663. The highest BCUT2D eigenvalue weighted by Gasteiger charge is 2.16. The highest BCUT2D eigenvalue weighted by Crippen LogP contribution is 2.26. The number of rotatable bonds is 1. The first-order valence-electron chi connectivity index (χ1n) is 4.57. The van der Waals surface area contributed by atoms with Gasteiger partial charge in [-0.2, -0.15) is 0 Å². The fourth-order valence-electron chi connectivity index (χ4n) is 1.77. The highest BCUT2D eigenvalue weighted by atomic mass is 16.1. The summed E-state index contributed by atoms with van der Waals surface area (Å²) < 4.78 is 0. The van der Waals surface area contributed by atoms with Crippen LogP contribution in [0.1, 0.15) is 29.8 Å². The Morgan fingerprint density at radius 2 is 2.31 bits per heavy atom. The van der Waals surface area contributed by atoms with Crippen molar-refractivity contribution in [1.29, 1.82) is 0 Å². The Balaban J connectivity index is 2.40. The summed E-state index contributed by atoms with van der Waals surface area (Å²) >= 11 is 0. The zero-order valence-electron chi connectivity index (χ0n) is 7.92. The molecule has 1 aliphatic heterocycles. The van der Waals surface area contributed by atoms with Gasteiger partial charge in [0, 0.05) is 17.3 Å². The van der Waals surface area contributed by atoms with Gasteiger partial charge in [-0.25, -0.2) is 0 Å². The van der Waals surface area contributed by atoms with E-state index in [1.54, 1.807) is 6.92 Å². The monoisotopic (exact) mass is 175 g/mol. The summed E-state index contributed by atoms with van der Waals surface area (Å²) in [5.41, 5.74) is 3.26. The first-order valence-corrected chi connectivity index (χ1v) is 4.57. The van der Waals surface area contributed by atoms with Crippen LogP contribution >= 0.6 is 0 Å². The summed E-state index contributed by atoms with van der Waals surface area (Å²) in [4.78, 5) is 11.1. The van der Waals surface area contributed by atoms with Crippen molar-refractivity contribution in [1.82, 2.24) is 0 Å². The lowest BCUT2D eigenvalue weighted by atomic mass is 10.1. The Bertz CT molecular complexity index is 357. The summed E-state index contributed by atoms with van der Waals surface area (Å²) in [7, 11) is 0. The molecule has 1 atom stereocenters. The predicted octanol–water partition coefficient (Wildman–Crippen LogP) is 2.25. The lowest BCUT2D eigenvalue weighted by Crippen LogP contribution is -2.08. The SMILES string of the molecule is CC(=O)c1ccc2c(c1)CC(C)N2. The number of nitrogens with one attached hydrogen (secondary N) is 1. The third-order valence-corrected chi connectivity index (χ3v) is 2.44. The van der Waals surface area contributed by atoms with Gasteiger partial charge in [0.1, 0.15) is 0 Å². The van der Waals surface area contributed by atoms with Crippen LogP contribution in [0.4, 0.5) is 5.69 Å². The molecule has 0 aliphatic carbocycles. The number of carbonyl (C=O) groups is 1. The van der Waals surface area contributed by atoms with E-state index in [0.29, 0.717) is 6.04 Å². The fourth-order valence-corrected chi connectivity index (χ4v) is 1.77. The third-order valence-electron chi connectivity index (χ3n) is 2.44. The molecule has 2 nitrogen and oxygen atoms in total. The number of fused-ring (bicyclic) bond motifs is 1. The van der Waals surface area contributed by atoms with Crippen molar-refractivity contribution in [2.24, 2.45) is 0 Å². The summed E-state index contributed by atoms with van der Waals surface area (Å²) in [6.45, 7) is 3.75. The molecule has 1 N–H and O–H groups in total. The molecule has 0 aromatic heterocycles. The van der Waals surface area contributed by atoms with Crippen LogP contribution in [0.2, 0.25) is 0 Å². The lowest BCUT2D eigenvalue weighted by molar-refractivity contribution is 0.101. The molecule has 1 heterocycles. The maximum atomic E-state index is 11.1. The maximum absolute atomic E-state index is 11.1. The van der Waals surface area contributed by atoms with Crippen molar-refractivity contribution in [2.45, 2.75) is 26.3 Å². The second-order valence-electron chi connectivity index (χ2n) is 3.68. The lowest BCUT2D eigenvalue weighted by Gasteiger charge is -2.02. The van der Waals surface area contributed by atoms with E-state index in [4.69, 9.17) is 0 Å². The Labute approximate surface area is 78.0 Å². The standard InChI is InChI=1S/C11H13NO/c1-7-5-10-6-9(8(2)13)3-4-11(10)12-7/h3-4,6-7,12H,5H2,1-2H3. The largest absolute Gasteiger partial charge is 0.382 e. The van der Waals surface area contributed by atoms with Crippen LogP contribution in [0.25, 0.3) is 0 Å². The summed E-state index contributed by atoms with van der Waals surface area (Å²) in [5.74, 6) is 0.141. The number of benzene rings is 1. The van der Waals surface area contributed by atoms with Gasteiger partial charge in [0.15, 0.2) is 5.78 Å². The third kappa shape index (κ3) is 1.44. The molecule has 0 radical (unpaired) electrons. The molecule has 2 rings (SSSR count). The van der Waals surface area contributed by atoms with E-state index in [1.165, 1.54) is 11.3 Å². The molecule has 0 fully saturated rings. The minimum absolute atomic E-state index is 0.141. The minimum Gasteiger partial charge on any atom is -0.382 e. The molecule has 1 aromatic rings. The van der Waals surface area contributed by atoms with E-state index >= 15 is 0 Å². The van der Waals surface area contributed by atoms with Crippen LogP contribution in [-0.4, -0.2) is 11.8 Å². The number of ketones is 1. The van der Waals surface area contributed by atoms with Gasteiger partial charge in [-0.15, -0.1) is 0 Å². The van der Waals surface area contributed by atoms with Crippen molar-refractivity contribution in [3.8, 4) is 0 Å². The van der Waals surface area contributed by atoms with Crippen LogP contribution in [0.3, 0.4) is 0 Å². The average Bonchev–Trinajstić information content (AvgIpc) is 2.42. The molecule has 1 aliphatic rings. The van der Waals surface area contributed by atoms with Crippen LogP contribution in [-0.2, 0) is 6.42 Å². The zero-order valence-corrected chi connectivity index (χ0v) is 7.92. The van der Waals surface area contributed by atoms with Gasteiger partial charge in [0.25, 0.3) is 0 Å². The van der Waals surface area contributed by atoms with Crippen molar-refractivity contribution in [3.05, 3.63) is 29.3 Å². The normalized spacial score (nSPS) is 19.4. The van der Waals surface area contributed by atoms with E-state index < -0.39 is 0 Å². The topological polar surface area (TPSA) is 29.1 Å². The van der Waals surface area contributed by atoms with Crippen LogP contribution in [0, 0.1) is 0 Å². The molecule has 0 saturated heterocycles. The molecular formula is C11H13NO. The van der Waals surface area contributed by atoms with Gasteiger partial charge < -0.3 is 5.32 Å². The van der Waals surface area contributed by atoms with Gasteiger partial charge in [0.05, 0.1) is 0 Å². The van der Waals surface area contributed by atoms with E-state index in [2.05, 4.69) is 12.2 Å². The van der Waals surface area contributed by atoms with Gasteiger partial charge >= 0.3 is 0 Å². The number of hydrogen-bond donors (Lipinski definition) is 1. The Morgan fingerprint density at radius 3 is 3.00 bits per heavy atom. The van der Waals surface area contributed by atoms with Crippen LogP contribution < -0.4 is 5.32 Å². The first kappa shape index (κ1) is 8.30. The molecule has 0 amide bonds. The van der Waals surface area contributed by atoms with Crippen LogP contribution in [0.5, 0.6) is 0 Å². The Hall–Kier alpha value is -1.31. The van der Waals surface area contributed by atoms with E-state index in [1.807, 2.05) is 18.2 Å². The maximum Gasteiger partial charge on any atom is 0.159 e. The summed E-state index contributed by atoms with van der Waals surface area (Å²) in [6, 6.07) is 6.37. The number of carbonyl (C=O) groups excluding carboxylic acids is 1. The second kappa shape index (κ2) is 2.87. The smallest absolute Gasteiger partial charge is 0.159 e. The van der Waals surface area contributed by atoms with Crippen molar-refractivity contribution < 1.29 is 4.79 Å². The van der Waals surface area contributed by atoms with Gasteiger partial charge in [-0.1, -0.05) is 0 Å². The first-order chi connectivity index (χ1) is 6.16. The fraction of sp³-hybridized carbons (Fsp3) is 0.364. The minimum atomic E-state index is 0.141. The van der Waals surface area contributed by atoms with Gasteiger partial charge in [-0.05, 0) is 44.0 Å².